The molecule has 0 radical (unpaired) electrons. The van der Waals surface area contributed by atoms with Crippen LogP contribution in [0.25, 0.3) is 0 Å². The lowest BCUT2D eigenvalue weighted by atomic mass is 10.3. The number of nitrogens with zero attached hydrogens (tertiary/aromatic N) is 1. The van der Waals surface area contributed by atoms with Gasteiger partial charge in [0.1, 0.15) is 5.75 Å². The number of hydrogen-bond donors (Lipinski definition) is 1. The number of para-hydroxylation sites is 1. The van der Waals surface area contributed by atoms with Crippen LogP contribution < -0.4 is 10.1 Å². The van der Waals surface area contributed by atoms with Crippen molar-refractivity contribution in [3.8, 4) is 5.75 Å². The van der Waals surface area contributed by atoms with Gasteiger partial charge in [0.25, 0.3) is 0 Å². The third-order valence-corrected chi connectivity index (χ3v) is 3.48. The fourth-order valence-electron chi connectivity index (χ4n) is 1.97. The summed E-state index contributed by atoms with van der Waals surface area (Å²) < 4.78 is 5.60. The number of carbonyl (C=O) groups is 1. The minimum atomic E-state index is 0. The van der Waals surface area contributed by atoms with E-state index in [1.807, 2.05) is 37.4 Å². The van der Waals surface area contributed by atoms with Gasteiger partial charge >= 0.3 is 0 Å². The van der Waals surface area contributed by atoms with Crippen LogP contribution in [0.15, 0.2) is 30.3 Å². The summed E-state index contributed by atoms with van der Waals surface area (Å²) in [5, 5.41) is 3.22. The average molecular weight is 313 g/mol. The molecule has 0 bridgehead atoms. The molecule has 0 saturated heterocycles. The monoisotopic (exact) mass is 312 g/mol. The maximum absolute atomic E-state index is 11.8. The molecule has 1 aliphatic carbocycles. The summed E-state index contributed by atoms with van der Waals surface area (Å²) >= 11 is 0. The SMILES string of the molecule is CN(CCCOc1ccccc1)C(=O)CNCC1CC1.Cl. The zero-order chi connectivity index (χ0) is 14.2. The van der Waals surface area contributed by atoms with Crippen molar-refractivity contribution < 1.29 is 9.53 Å². The van der Waals surface area contributed by atoms with Crippen LogP contribution in [0.1, 0.15) is 19.3 Å². The lowest BCUT2D eigenvalue weighted by molar-refractivity contribution is -0.129. The van der Waals surface area contributed by atoms with Gasteiger partial charge in [0, 0.05) is 13.6 Å². The first kappa shape index (κ1) is 17.8. The largest absolute Gasteiger partial charge is 0.494 e. The number of benzene rings is 1. The zero-order valence-corrected chi connectivity index (χ0v) is 13.4. The summed E-state index contributed by atoms with van der Waals surface area (Å²) in [4.78, 5) is 13.6. The molecule has 0 spiro atoms. The molecular formula is C16H25ClN2O2. The molecule has 1 fully saturated rings. The van der Waals surface area contributed by atoms with Gasteiger partial charge in [0.05, 0.1) is 13.2 Å². The first-order chi connectivity index (χ1) is 9.75. The number of likely N-dealkylation sites (N-methyl/N-ethyl adjacent to an activating group) is 1. The summed E-state index contributed by atoms with van der Waals surface area (Å²) in [6.07, 6.45) is 3.47. The highest BCUT2D eigenvalue weighted by molar-refractivity contribution is 5.85. The van der Waals surface area contributed by atoms with Crippen molar-refractivity contribution in [3.05, 3.63) is 30.3 Å². The van der Waals surface area contributed by atoms with Gasteiger partial charge in [-0.15, -0.1) is 12.4 Å². The van der Waals surface area contributed by atoms with E-state index in [1.165, 1.54) is 12.8 Å². The molecule has 1 amide bonds. The van der Waals surface area contributed by atoms with Gasteiger partial charge in [-0.3, -0.25) is 4.79 Å². The Morgan fingerprint density at radius 2 is 2.05 bits per heavy atom. The van der Waals surface area contributed by atoms with Crippen LogP contribution in [-0.4, -0.2) is 44.1 Å². The van der Waals surface area contributed by atoms with Crippen molar-refractivity contribution in [2.24, 2.45) is 5.92 Å². The second kappa shape index (κ2) is 9.64. The Bertz CT molecular complexity index is 410. The third kappa shape index (κ3) is 7.34. The zero-order valence-electron chi connectivity index (χ0n) is 12.6. The van der Waals surface area contributed by atoms with Gasteiger partial charge in [0.2, 0.25) is 5.91 Å². The molecule has 1 saturated carbocycles. The van der Waals surface area contributed by atoms with E-state index >= 15 is 0 Å². The number of halogens is 1. The summed E-state index contributed by atoms with van der Waals surface area (Å²) in [6, 6.07) is 9.76. The van der Waals surface area contributed by atoms with Crippen molar-refractivity contribution in [2.45, 2.75) is 19.3 Å². The Morgan fingerprint density at radius 3 is 2.71 bits per heavy atom. The molecule has 0 unspecified atom stereocenters. The number of rotatable bonds is 9. The van der Waals surface area contributed by atoms with Crippen molar-refractivity contribution in [2.75, 3.05) is 33.3 Å². The molecule has 21 heavy (non-hydrogen) atoms. The minimum absolute atomic E-state index is 0. The second-order valence-electron chi connectivity index (χ2n) is 5.40. The highest BCUT2D eigenvalue weighted by Gasteiger charge is 2.20. The molecule has 0 aromatic heterocycles. The molecule has 1 aromatic carbocycles. The van der Waals surface area contributed by atoms with Gasteiger partial charge < -0.3 is 15.0 Å². The number of carbonyl (C=O) groups excluding carboxylic acids is 1. The van der Waals surface area contributed by atoms with Crippen molar-refractivity contribution >= 4 is 18.3 Å². The first-order valence-corrected chi connectivity index (χ1v) is 7.38. The van der Waals surface area contributed by atoms with E-state index < -0.39 is 0 Å². The fourth-order valence-corrected chi connectivity index (χ4v) is 1.97. The van der Waals surface area contributed by atoms with Crippen LogP contribution in [0, 0.1) is 5.92 Å². The maximum atomic E-state index is 11.8. The maximum Gasteiger partial charge on any atom is 0.236 e. The number of ether oxygens (including phenoxy) is 1. The lowest BCUT2D eigenvalue weighted by Gasteiger charge is -2.17. The van der Waals surface area contributed by atoms with Crippen molar-refractivity contribution in [3.63, 3.8) is 0 Å². The Labute approximate surface area is 133 Å². The summed E-state index contributed by atoms with van der Waals surface area (Å²) in [5.41, 5.74) is 0. The molecule has 118 valence electrons. The molecule has 1 aliphatic rings. The van der Waals surface area contributed by atoms with Gasteiger partial charge in [-0.25, -0.2) is 0 Å². The molecule has 0 atom stereocenters. The Balaban J connectivity index is 0.00000220. The topological polar surface area (TPSA) is 41.6 Å². The van der Waals surface area contributed by atoms with Crippen LogP contribution in [0.4, 0.5) is 0 Å². The smallest absolute Gasteiger partial charge is 0.236 e. The van der Waals surface area contributed by atoms with Crippen LogP contribution in [0.2, 0.25) is 0 Å². The Morgan fingerprint density at radius 1 is 1.33 bits per heavy atom. The lowest BCUT2D eigenvalue weighted by Crippen LogP contribution is -2.37. The summed E-state index contributed by atoms with van der Waals surface area (Å²) in [7, 11) is 1.85. The molecule has 0 heterocycles. The second-order valence-corrected chi connectivity index (χ2v) is 5.40. The van der Waals surface area contributed by atoms with E-state index in [-0.39, 0.29) is 18.3 Å². The van der Waals surface area contributed by atoms with Gasteiger partial charge in [-0.05, 0) is 43.9 Å². The fraction of sp³-hybridized carbons (Fsp3) is 0.562. The number of hydrogen-bond acceptors (Lipinski definition) is 3. The van der Waals surface area contributed by atoms with E-state index in [0.29, 0.717) is 13.2 Å². The highest BCUT2D eigenvalue weighted by atomic mass is 35.5. The summed E-state index contributed by atoms with van der Waals surface area (Å²) in [6.45, 7) is 2.80. The number of nitrogens with one attached hydrogen (secondary N) is 1. The van der Waals surface area contributed by atoms with E-state index in [9.17, 15) is 4.79 Å². The molecule has 1 N–H and O–H groups in total. The first-order valence-electron chi connectivity index (χ1n) is 7.38. The standard InChI is InChI=1S/C16H24N2O2.ClH/c1-18(16(19)13-17-12-14-8-9-14)10-5-11-20-15-6-3-2-4-7-15;/h2-4,6-7,14,17H,5,8-13H2,1H3;1H. The third-order valence-electron chi connectivity index (χ3n) is 3.48. The average Bonchev–Trinajstić information content (AvgIpc) is 3.28. The predicted molar refractivity (Wildman–Crippen MR) is 87.0 cm³/mol. The van der Waals surface area contributed by atoms with Gasteiger partial charge in [-0.2, -0.15) is 0 Å². The number of amides is 1. The normalized spacial score (nSPS) is 13.4. The Kier molecular flexibility index (Phi) is 8.16. The summed E-state index contributed by atoms with van der Waals surface area (Å²) in [5.74, 6) is 1.85. The molecule has 2 rings (SSSR count). The Hall–Kier alpha value is -1.26. The molecule has 5 heteroatoms. The van der Waals surface area contributed by atoms with Crippen LogP contribution >= 0.6 is 12.4 Å². The molecule has 1 aromatic rings. The van der Waals surface area contributed by atoms with Gasteiger partial charge in [-0.1, -0.05) is 18.2 Å². The van der Waals surface area contributed by atoms with Crippen LogP contribution in [0.3, 0.4) is 0 Å². The van der Waals surface area contributed by atoms with Crippen molar-refractivity contribution in [1.82, 2.24) is 10.2 Å². The quantitative estimate of drug-likeness (QED) is 0.712. The van der Waals surface area contributed by atoms with Crippen LogP contribution in [0.5, 0.6) is 5.75 Å². The van der Waals surface area contributed by atoms with E-state index in [0.717, 1.165) is 31.2 Å². The molecule has 4 nitrogen and oxygen atoms in total. The predicted octanol–water partition coefficient (Wildman–Crippen LogP) is 2.34. The van der Waals surface area contributed by atoms with E-state index in [1.54, 1.807) is 4.90 Å². The molecule has 0 aliphatic heterocycles. The van der Waals surface area contributed by atoms with Gasteiger partial charge in [0.15, 0.2) is 0 Å². The van der Waals surface area contributed by atoms with Crippen molar-refractivity contribution in [1.29, 1.82) is 0 Å². The molecular weight excluding hydrogens is 288 g/mol. The highest BCUT2D eigenvalue weighted by Crippen LogP contribution is 2.27. The van der Waals surface area contributed by atoms with E-state index in [4.69, 9.17) is 4.74 Å². The van der Waals surface area contributed by atoms with Crippen LogP contribution in [-0.2, 0) is 4.79 Å². The minimum Gasteiger partial charge on any atom is -0.494 e. The van der Waals surface area contributed by atoms with E-state index in [2.05, 4.69) is 5.32 Å².